The third-order valence-electron chi connectivity index (χ3n) is 3.53. The molecule has 1 fully saturated rings. The van der Waals surface area contributed by atoms with Gasteiger partial charge in [-0.25, -0.2) is 0 Å². The first-order chi connectivity index (χ1) is 9.90. The molecule has 2 unspecified atom stereocenters. The first-order valence-corrected chi connectivity index (χ1v) is 7.22. The summed E-state index contributed by atoms with van der Waals surface area (Å²) in [6, 6.07) is 14.6. The summed E-state index contributed by atoms with van der Waals surface area (Å²) in [4.78, 5) is 0. The van der Waals surface area contributed by atoms with Crippen LogP contribution in [-0.4, -0.2) is 26.1 Å². The van der Waals surface area contributed by atoms with Crippen LogP contribution < -0.4 is 0 Å². The van der Waals surface area contributed by atoms with Gasteiger partial charge in [0.25, 0.3) is 0 Å². The molecular weight excluding hydrogens is 252 g/mol. The van der Waals surface area contributed by atoms with E-state index in [1.165, 1.54) is 10.8 Å². The first kappa shape index (κ1) is 13.6. The molecule has 20 heavy (non-hydrogen) atoms. The molecule has 2 aromatic carbocycles. The van der Waals surface area contributed by atoms with Gasteiger partial charge in [-0.3, -0.25) is 0 Å². The standard InChI is InChI=1S/C17H20O3/c1-2-10-19-17-16(18-11-12-20-17)15-9-5-7-13-6-3-4-8-14(13)15/h3-9,16-17H,2,10-12H2,1H3. The largest absolute Gasteiger partial charge is 0.366 e. The molecule has 0 saturated carbocycles. The molecule has 0 spiro atoms. The van der Waals surface area contributed by atoms with Crippen LogP contribution in [0.15, 0.2) is 42.5 Å². The zero-order chi connectivity index (χ0) is 13.8. The predicted molar refractivity (Wildman–Crippen MR) is 78.6 cm³/mol. The van der Waals surface area contributed by atoms with Crippen molar-refractivity contribution in [2.24, 2.45) is 0 Å². The SMILES string of the molecule is CCCOC1OCCOC1c1cccc2ccccc12. The minimum Gasteiger partial charge on any atom is -0.366 e. The second-order valence-corrected chi connectivity index (χ2v) is 4.97. The second-order valence-electron chi connectivity index (χ2n) is 4.97. The number of hydrogen-bond acceptors (Lipinski definition) is 3. The van der Waals surface area contributed by atoms with Crippen molar-refractivity contribution in [2.45, 2.75) is 25.7 Å². The van der Waals surface area contributed by atoms with E-state index in [0.29, 0.717) is 19.8 Å². The van der Waals surface area contributed by atoms with Crippen molar-refractivity contribution in [1.29, 1.82) is 0 Å². The molecule has 1 heterocycles. The summed E-state index contributed by atoms with van der Waals surface area (Å²) in [6.45, 7) is 3.99. The van der Waals surface area contributed by atoms with Crippen molar-refractivity contribution in [1.82, 2.24) is 0 Å². The minimum absolute atomic E-state index is 0.151. The van der Waals surface area contributed by atoms with Crippen LogP contribution in [0.3, 0.4) is 0 Å². The fourth-order valence-electron chi connectivity index (χ4n) is 2.61. The number of rotatable bonds is 4. The maximum Gasteiger partial charge on any atom is 0.188 e. The van der Waals surface area contributed by atoms with Gasteiger partial charge in [-0.15, -0.1) is 0 Å². The summed E-state index contributed by atoms with van der Waals surface area (Å²) in [5.74, 6) is 0. The van der Waals surface area contributed by atoms with Crippen molar-refractivity contribution >= 4 is 10.8 Å². The molecule has 3 rings (SSSR count). The quantitative estimate of drug-likeness (QED) is 0.849. The van der Waals surface area contributed by atoms with Crippen LogP contribution in [0.25, 0.3) is 10.8 Å². The Hall–Kier alpha value is -1.42. The molecule has 0 N–H and O–H groups in total. The Bertz CT molecular complexity index is 562. The Labute approximate surface area is 119 Å². The summed E-state index contributed by atoms with van der Waals surface area (Å²) in [6.07, 6.45) is 0.512. The van der Waals surface area contributed by atoms with E-state index >= 15 is 0 Å². The Morgan fingerprint density at radius 3 is 2.75 bits per heavy atom. The summed E-state index contributed by atoms with van der Waals surface area (Å²) in [5, 5.41) is 2.42. The molecule has 0 aromatic heterocycles. The molecule has 3 heteroatoms. The summed E-state index contributed by atoms with van der Waals surface area (Å²) >= 11 is 0. The van der Waals surface area contributed by atoms with E-state index in [2.05, 4.69) is 49.4 Å². The molecule has 1 aliphatic heterocycles. The van der Waals surface area contributed by atoms with Gasteiger partial charge >= 0.3 is 0 Å². The topological polar surface area (TPSA) is 27.7 Å². The monoisotopic (exact) mass is 272 g/mol. The highest BCUT2D eigenvalue weighted by molar-refractivity contribution is 5.86. The van der Waals surface area contributed by atoms with Crippen LogP contribution in [-0.2, 0) is 14.2 Å². The van der Waals surface area contributed by atoms with Crippen molar-refractivity contribution in [3.05, 3.63) is 48.0 Å². The Kier molecular flexibility index (Phi) is 4.31. The van der Waals surface area contributed by atoms with E-state index in [-0.39, 0.29) is 12.4 Å². The first-order valence-electron chi connectivity index (χ1n) is 7.22. The van der Waals surface area contributed by atoms with Gasteiger partial charge in [0, 0.05) is 6.61 Å². The molecular formula is C17H20O3. The second kappa shape index (κ2) is 6.35. The lowest BCUT2D eigenvalue weighted by Crippen LogP contribution is -2.34. The van der Waals surface area contributed by atoms with E-state index in [0.717, 1.165) is 12.0 Å². The van der Waals surface area contributed by atoms with Gasteiger partial charge in [-0.05, 0) is 22.8 Å². The Morgan fingerprint density at radius 2 is 1.85 bits per heavy atom. The van der Waals surface area contributed by atoms with Crippen molar-refractivity contribution < 1.29 is 14.2 Å². The molecule has 2 aromatic rings. The maximum atomic E-state index is 5.93. The zero-order valence-electron chi connectivity index (χ0n) is 11.7. The van der Waals surface area contributed by atoms with Crippen LogP contribution in [0.1, 0.15) is 25.0 Å². The van der Waals surface area contributed by atoms with Crippen LogP contribution >= 0.6 is 0 Å². The van der Waals surface area contributed by atoms with Gasteiger partial charge in [0.05, 0.1) is 13.2 Å². The number of hydrogen-bond donors (Lipinski definition) is 0. The third kappa shape index (κ3) is 2.70. The van der Waals surface area contributed by atoms with E-state index < -0.39 is 0 Å². The maximum absolute atomic E-state index is 5.93. The summed E-state index contributed by atoms with van der Waals surface area (Å²) in [7, 11) is 0. The number of ether oxygens (including phenoxy) is 3. The van der Waals surface area contributed by atoms with Crippen molar-refractivity contribution in [3.8, 4) is 0 Å². The van der Waals surface area contributed by atoms with Crippen molar-refractivity contribution in [3.63, 3.8) is 0 Å². The zero-order valence-corrected chi connectivity index (χ0v) is 11.7. The fourth-order valence-corrected chi connectivity index (χ4v) is 2.61. The minimum atomic E-state index is -0.311. The van der Waals surface area contributed by atoms with E-state index in [9.17, 15) is 0 Å². The lowest BCUT2D eigenvalue weighted by molar-refractivity contribution is -0.250. The van der Waals surface area contributed by atoms with Gasteiger partial charge in [0.2, 0.25) is 0 Å². The highest BCUT2D eigenvalue weighted by Crippen LogP contribution is 2.32. The Balaban J connectivity index is 1.95. The molecule has 2 atom stereocenters. The van der Waals surface area contributed by atoms with Crippen LogP contribution in [0.2, 0.25) is 0 Å². The molecule has 3 nitrogen and oxygen atoms in total. The Morgan fingerprint density at radius 1 is 1.05 bits per heavy atom. The van der Waals surface area contributed by atoms with Crippen LogP contribution in [0, 0.1) is 0 Å². The van der Waals surface area contributed by atoms with Gasteiger partial charge in [0.1, 0.15) is 6.10 Å². The molecule has 106 valence electrons. The number of fused-ring (bicyclic) bond motifs is 1. The average molecular weight is 272 g/mol. The highest BCUT2D eigenvalue weighted by Gasteiger charge is 2.30. The highest BCUT2D eigenvalue weighted by atomic mass is 16.7. The lowest BCUT2D eigenvalue weighted by atomic mass is 9.99. The molecule has 0 aliphatic carbocycles. The molecule has 1 aliphatic rings. The molecule has 0 amide bonds. The van der Waals surface area contributed by atoms with Gasteiger partial charge in [-0.2, -0.15) is 0 Å². The number of benzene rings is 2. The van der Waals surface area contributed by atoms with Crippen LogP contribution in [0.4, 0.5) is 0 Å². The van der Waals surface area contributed by atoms with Crippen molar-refractivity contribution in [2.75, 3.05) is 19.8 Å². The van der Waals surface area contributed by atoms with Gasteiger partial charge in [0.15, 0.2) is 6.29 Å². The van der Waals surface area contributed by atoms with E-state index in [1.807, 2.05) is 0 Å². The lowest BCUT2D eigenvalue weighted by Gasteiger charge is -2.32. The third-order valence-corrected chi connectivity index (χ3v) is 3.53. The van der Waals surface area contributed by atoms with Crippen LogP contribution in [0.5, 0.6) is 0 Å². The normalized spacial score (nSPS) is 23.1. The summed E-state index contributed by atoms with van der Waals surface area (Å²) in [5.41, 5.74) is 1.14. The smallest absolute Gasteiger partial charge is 0.188 e. The van der Waals surface area contributed by atoms with E-state index in [1.54, 1.807) is 0 Å². The van der Waals surface area contributed by atoms with E-state index in [4.69, 9.17) is 14.2 Å². The molecule has 1 saturated heterocycles. The predicted octanol–water partition coefficient (Wildman–Crippen LogP) is 3.68. The van der Waals surface area contributed by atoms with Gasteiger partial charge < -0.3 is 14.2 Å². The average Bonchev–Trinajstić information content (AvgIpc) is 2.53. The molecule has 0 radical (unpaired) electrons. The van der Waals surface area contributed by atoms with Gasteiger partial charge in [-0.1, -0.05) is 49.4 Å². The summed E-state index contributed by atoms with van der Waals surface area (Å²) < 4.78 is 17.5. The fraction of sp³-hybridized carbons (Fsp3) is 0.412. The molecule has 0 bridgehead atoms.